The number of allylic oxidation sites excluding steroid dienone is 13. The molecule has 14 heteroatoms. The lowest BCUT2D eigenvalue weighted by Gasteiger charge is -2.46. The van der Waals surface area contributed by atoms with Crippen molar-refractivity contribution in [1.29, 1.82) is 0 Å². The normalized spacial score (nSPS) is 25.0. The summed E-state index contributed by atoms with van der Waals surface area (Å²) in [5, 5.41) is 87.1. The van der Waals surface area contributed by atoms with Crippen LogP contribution in [0.4, 0.5) is 0 Å². The van der Waals surface area contributed by atoms with Crippen molar-refractivity contribution in [3.8, 4) is 0 Å². The zero-order valence-electron chi connectivity index (χ0n) is 49.1. The van der Waals surface area contributed by atoms with Gasteiger partial charge >= 0.3 is 0 Å². The van der Waals surface area contributed by atoms with Gasteiger partial charge in [0.25, 0.3) is 0 Å². The number of hydrogen-bond donors (Lipinski definition) is 9. The van der Waals surface area contributed by atoms with Crippen LogP contribution in [0.15, 0.2) is 85.1 Å². The number of rotatable bonds is 49. The van der Waals surface area contributed by atoms with Crippen LogP contribution in [0.3, 0.4) is 0 Å². The van der Waals surface area contributed by atoms with Crippen LogP contribution in [0.25, 0.3) is 0 Å². The molecular weight excluding hydrogens is 1000 g/mol. The Bertz CT molecular complexity index is 1650. The largest absolute Gasteiger partial charge is 0.394 e. The third kappa shape index (κ3) is 35.0. The standard InChI is InChI=1S/C65H113NO13/c1-3-5-7-9-11-13-15-17-19-21-23-24-25-26-27-28-29-31-32-34-36-38-40-42-44-46-48-54(69)53(66-57(70)49-47-45-43-41-39-37-35-33-30-22-20-18-16-14-12-10-8-6-4-2)52-76-64-62(75)60(73)63(56(51-68)78-64)79-65-61(74)59(72)58(71)55(50-67)77-65/h6,8,12,14,18,20,30,33,37,39,43,45-46,48,53-56,58-65,67-69,71-75H,3-5,7,9-11,13,15-17,19,21-29,31-32,34-36,38,40-42,44,47,49-52H2,1-2H3,(H,66,70)/b8-6-,14-12-,20-18-,33-30-,39-37-,45-43-,48-46+. The highest BCUT2D eigenvalue weighted by Crippen LogP contribution is 2.30. The molecule has 0 aromatic carbocycles. The van der Waals surface area contributed by atoms with Crippen LogP contribution in [-0.4, -0.2) is 140 Å². The van der Waals surface area contributed by atoms with Crippen LogP contribution >= 0.6 is 0 Å². The number of amides is 1. The molecule has 456 valence electrons. The van der Waals surface area contributed by atoms with Gasteiger partial charge in [0, 0.05) is 6.42 Å². The summed E-state index contributed by atoms with van der Waals surface area (Å²) in [5.41, 5.74) is 0. The van der Waals surface area contributed by atoms with Gasteiger partial charge in [-0.2, -0.15) is 0 Å². The number of aliphatic hydroxyl groups is 8. The third-order valence-corrected chi connectivity index (χ3v) is 14.9. The second-order valence-corrected chi connectivity index (χ2v) is 21.8. The number of carbonyl (C=O) groups excluding carboxylic acids is 1. The van der Waals surface area contributed by atoms with E-state index in [-0.39, 0.29) is 18.9 Å². The summed E-state index contributed by atoms with van der Waals surface area (Å²) >= 11 is 0. The first-order valence-corrected chi connectivity index (χ1v) is 31.3. The van der Waals surface area contributed by atoms with Crippen molar-refractivity contribution in [2.24, 2.45) is 0 Å². The second kappa shape index (κ2) is 49.8. The monoisotopic (exact) mass is 1120 g/mol. The minimum atomic E-state index is -1.80. The minimum absolute atomic E-state index is 0.152. The molecule has 2 fully saturated rings. The van der Waals surface area contributed by atoms with E-state index in [0.717, 1.165) is 64.2 Å². The fourth-order valence-corrected chi connectivity index (χ4v) is 9.84. The molecule has 2 aliphatic rings. The SMILES string of the molecule is CC/C=C\C/C=C\C/C=C\C/C=C\C/C=C\C/C=C\CCC(=O)NC(COC1OC(CO)C(OC2OC(CO)C(O)C(O)C2O)C(O)C1O)C(O)/C=C/CCCCCCCCCCCCCCCCCCCCCCCCCC. The molecule has 0 saturated carbocycles. The van der Waals surface area contributed by atoms with E-state index >= 15 is 0 Å². The lowest BCUT2D eigenvalue weighted by Crippen LogP contribution is -2.65. The van der Waals surface area contributed by atoms with Crippen molar-refractivity contribution in [1.82, 2.24) is 5.32 Å². The first kappa shape index (κ1) is 72.3. The van der Waals surface area contributed by atoms with Crippen molar-refractivity contribution < 1.29 is 64.6 Å². The molecule has 0 spiro atoms. The number of unbranched alkanes of at least 4 members (excludes halogenated alkanes) is 24. The van der Waals surface area contributed by atoms with Gasteiger partial charge in [-0.15, -0.1) is 0 Å². The molecule has 14 nitrogen and oxygen atoms in total. The molecule has 12 unspecified atom stereocenters. The molecule has 0 aliphatic carbocycles. The maximum Gasteiger partial charge on any atom is 0.220 e. The summed E-state index contributed by atoms with van der Waals surface area (Å²) in [6.07, 6.45) is 50.7. The van der Waals surface area contributed by atoms with Crippen molar-refractivity contribution in [2.45, 2.75) is 299 Å². The van der Waals surface area contributed by atoms with Gasteiger partial charge in [-0.25, -0.2) is 0 Å². The second-order valence-electron chi connectivity index (χ2n) is 21.8. The van der Waals surface area contributed by atoms with Crippen molar-refractivity contribution in [2.75, 3.05) is 19.8 Å². The molecule has 0 bridgehead atoms. The Kier molecular flexibility index (Phi) is 45.5. The van der Waals surface area contributed by atoms with Crippen molar-refractivity contribution in [3.05, 3.63) is 85.1 Å². The Morgan fingerprint density at radius 3 is 1.32 bits per heavy atom. The number of carbonyl (C=O) groups is 1. The predicted octanol–water partition coefficient (Wildman–Crippen LogP) is 11.3. The number of hydrogen-bond acceptors (Lipinski definition) is 13. The highest BCUT2D eigenvalue weighted by molar-refractivity contribution is 5.76. The average Bonchev–Trinajstić information content (AvgIpc) is 3.47. The molecule has 79 heavy (non-hydrogen) atoms. The average molecular weight is 1120 g/mol. The van der Waals surface area contributed by atoms with Crippen LogP contribution in [0.2, 0.25) is 0 Å². The van der Waals surface area contributed by atoms with E-state index in [0.29, 0.717) is 6.42 Å². The van der Waals surface area contributed by atoms with Gasteiger partial charge in [0.1, 0.15) is 48.8 Å². The first-order chi connectivity index (χ1) is 38.6. The Hall–Kier alpha value is -2.83. The fourth-order valence-electron chi connectivity index (χ4n) is 9.84. The van der Waals surface area contributed by atoms with E-state index in [1.54, 1.807) is 6.08 Å². The molecular formula is C65H113NO13. The van der Waals surface area contributed by atoms with Gasteiger partial charge in [0.05, 0.1) is 32.0 Å². The van der Waals surface area contributed by atoms with E-state index in [1.807, 2.05) is 18.2 Å². The van der Waals surface area contributed by atoms with Crippen LogP contribution in [0.5, 0.6) is 0 Å². The number of nitrogens with one attached hydrogen (secondary N) is 1. The zero-order chi connectivity index (χ0) is 57.4. The lowest BCUT2D eigenvalue weighted by atomic mass is 9.97. The first-order valence-electron chi connectivity index (χ1n) is 31.3. The summed E-state index contributed by atoms with van der Waals surface area (Å²) in [6.45, 7) is 2.64. The number of ether oxygens (including phenoxy) is 4. The maximum atomic E-state index is 13.2. The van der Waals surface area contributed by atoms with Crippen molar-refractivity contribution in [3.63, 3.8) is 0 Å². The molecule has 2 heterocycles. The predicted molar refractivity (Wildman–Crippen MR) is 318 cm³/mol. The summed E-state index contributed by atoms with van der Waals surface area (Å²) in [6, 6.07) is -0.961. The van der Waals surface area contributed by atoms with Crippen molar-refractivity contribution >= 4 is 5.91 Å². The highest BCUT2D eigenvalue weighted by atomic mass is 16.7. The van der Waals surface area contributed by atoms with E-state index in [9.17, 15) is 45.6 Å². The fraction of sp³-hybridized carbons (Fsp3) is 0.769. The van der Waals surface area contributed by atoms with Gasteiger partial charge in [-0.05, 0) is 57.8 Å². The Balaban J connectivity index is 1.77. The van der Waals surface area contributed by atoms with Gasteiger partial charge in [0.15, 0.2) is 12.6 Å². The van der Waals surface area contributed by atoms with E-state index < -0.39 is 86.8 Å². The van der Waals surface area contributed by atoms with E-state index in [4.69, 9.17) is 18.9 Å². The van der Waals surface area contributed by atoms with Crippen LogP contribution in [0, 0.1) is 0 Å². The van der Waals surface area contributed by atoms with Crippen LogP contribution in [-0.2, 0) is 23.7 Å². The van der Waals surface area contributed by atoms with Gasteiger partial charge < -0.3 is 65.1 Å². The molecule has 0 radical (unpaired) electrons. The van der Waals surface area contributed by atoms with Gasteiger partial charge in [-0.3, -0.25) is 4.79 Å². The Morgan fingerprint density at radius 1 is 0.468 bits per heavy atom. The third-order valence-electron chi connectivity index (χ3n) is 14.9. The molecule has 0 aromatic heterocycles. The zero-order valence-corrected chi connectivity index (χ0v) is 49.1. The molecule has 2 aliphatic heterocycles. The Morgan fingerprint density at radius 2 is 0.873 bits per heavy atom. The number of aliphatic hydroxyl groups excluding tert-OH is 8. The lowest BCUT2D eigenvalue weighted by molar-refractivity contribution is -0.359. The molecule has 2 saturated heterocycles. The van der Waals surface area contributed by atoms with E-state index in [1.165, 1.54) is 135 Å². The molecule has 1 amide bonds. The molecule has 9 N–H and O–H groups in total. The van der Waals surface area contributed by atoms with Gasteiger partial charge in [-0.1, -0.05) is 247 Å². The molecule has 2 rings (SSSR count). The highest BCUT2D eigenvalue weighted by Gasteiger charge is 2.51. The van der Waals surface area contributed by atoms with Crippen LogP contribution < -0.4 is 5.32 Å². The Labute approximate surface area is 478 Å². The molecule has 12 atom stereocenters. The maximum absolute atomic E-state index is 13.2. The summed E-state index contributed by atoms with van der Waals surface area (Å²) in [5.74, 6) is -0.322. The summed E-state index contributed by atoms with van der Waals surface area (Å²) < 4.78 is 22.8. The van der Waals surface area contributed by atoms with Gasteiger partial charge in [0.2, 0.25) is 5.91 Å². The summed E-state index contributed by atoms with van der Waals surface area (Å²) in [7, 11) is 0. The quantitative estimate of drug-likeness (QED) is 0.0204. The smallest absolute Gasteiger partial charge is 0.220 e. The topological polar surface area (TPSA) is 228 Å². The molecule has 0 aromatic rings. The van der Waals surface area contributed by atoms with E-state index in [2.05, 4.69) is 79.9 Å². The summed E-state index contributed by atoms with van der Waals surface area (Å²) in [4.78, 5) is 13.2. The van der Waals surface area contributed by atoms with Crippen LogP contribution in [0.1, 0.15) is 226 Å². The minimum Gasteiger partial charge on any atom is -0.394 e.